The summed E-state index contributed by atoms with van der Waals surface area (Å²) >= 11 is 7.19. The van der Waals surface area contributed by atoms with Crippen LogP contribution in [0.4, 0.5) is 0 Å². The van der Waals surface area contributed by atoms with Crippen molar-refractivity contribution in [3.63, 3.8) is 0 Å². The number of thiol groups is 2. The summed E-state index contributed by atoms with van der Waals surface area (Å²) in [5, 5.41) is 14.8. The van der Waals surface area contributed by atoms with Gasteiger partial charge in [0.1, 0.15) is 0 Å². The first-order chi connectivity index (χ1) is 8.20. The van der Waals surface area contributed by atoms with Crippen LogP contribution in [0.2, 0.25) is 0 Å². The van der Waals surface area contributed by atoms with Gasteiger partial charge >= 0.3 is 11.9 Å². The van der Waals surface area contributed by atoms with Crippen LogP contribution in [-0.4, -0.2) is 44.2 Å². The molecule has 0 fully saturated rings. The molecule has 0 aliphatic heterocycles. The lowest BCUT2D eigenvalue weighted by molar-refractivity contribution is -0.137. The summed E-state index contributed by atoms with van der Waals surface area (Å²) in [6.45, 7) is 7.36. The minimum atomic E-state index is -0.877. The minimum absolute atomic E-state index is 0.537. The Morgan fingerprint density at radius 3 is 1.17 bits per heavy atom. The second-order valence-corrected chi connectivity index (χ2v) is 7.43. The molecule has 2 N–H and O–H groups in total. The van der Waals surface area contributed by atoms with Gasteiger partial charge in [-0.3, -0.25) is 9.59 Å². The van der Waals surface area contributed by atoms with Crippen LogP contribution >= 0.6 is 46.8 Å². The third-order valence-electron chi connectivity index (χ3n) is 1.03. The summed E-state index contributed by atoms with van der Waals surface area (Å²) < 4.78 is 0. The Bertz CT molecular complexity index is 188. The molecule has 0 spiro atoms. The van der Waals surface area contributed by atoms with Crippen molar-refractivity contribution in [3.8, 4) is 0 Å². The average Bonchev–Trinajstić information content (AvgIpc) is 2.27. The average molecular weight is 335 g/mol. The van der Waals surface area contributed by atoms with Crippen LogP contribution in [-0.2, 0) is 9.59 Å². The zero-order valence-electron chi connectivity index (χ0n) is 11.0. The Hall–Kier alpha value is 0.340. The third kappa shape index (κ3) is 29.9. The summed E-state index contributed by atoms with van der Waals surface area (Å²) in [5.74, 6) is 0.716. The van der Waals surface area contributed by atoms with Gasteiger partial charge in [-0.1, -0.05) is 35.4 Å². The molecular weight excluding hydrogens is 312 g/mol. The highest BCUT2D eigenvalue weighted by Crippen LogP contribution is 2.18. The third-order valence-corrected chi connectivity index (χ3v) is 4.03. The molecule has 0 saturated heterocycles. The van der Waals surface area contributed by atoms with Gasteiger partial charge in [-0.05, 0) is 13.8 Å². The Balaban J connectivity index is -0.000000187. The number of aliphatic carboxylic acids is 2. The molecule has 0 amide bonds. The molecule has 0 heterocycles. The molecule has 4 nitrogen and oxygen atoms in total. The largest absolute Gasteiger partial charge is 0.480 e. The molecule has 0 aromatic rings. The van der Waals surface area contributed by atoms with Crippen LogP contribution < -0.4 is 0 Å². The Labute approximate surface area is 128 Å². The van der Waals surface area contributed by atoms with Crippen LogP contribution in [0.3, 0.4) is 0 Å². The number of carboxylic acid groups (broad SMARTS) is 2. The molecule has 0 bridgehead atoms. The highest BCUT2D eigenvalue weighted by Gasteiger charge is 2.00. The lowest BCUT2D eigenvalue weighted by atomic mass is 10.5. The molecule has 0 aliphatic carbocycles. The van der Waals surface area contributed by atoms with Crippen LogP contribution in [0.1, 0.15) is 27.7 Å². The van der Waals surface area contributed by atoms with Crippen molar-refractivity contribution in [2.45, 2.75) is 38.2 Å². The molecule has 18 heavy (non-hydrogen) atoms. The van der Waals surface area contributed by atoms with Crippen molar-refractivity contribution < 1.29 is 19.8 Å². The van der Waals surface area contributed by atoms with E-state index < -0.39 is 22.4 Å². The Morgan fingerprint density at radius 1 is 0.944 bits per heavy atom. The maximum absolute atomic E-state index is 9.62. The van der Waals surface area contributed by atoms with Crippen molar-refractivity contribution in [1.82, 2.24) is 0 Å². The first-order valence-corrected chi connectivity index (χ1v) is 8.78. The van der Waals surface area contributed by atoms with Crippen LogP contribution in [0.15, 0.2) is 0 Å². The Morgan fingerprint density at radius 2 is 1.11 bits per heavy atom. The molecule has 2 unspecified atom stereocenters. The number of rotatable bonds is 5. The van der Waals surface area contributed by atoms with Gasteiger partial charge in [0.2, 0.25) is 0 Å². The zero-order chi connectivity index (χ0) is 15.1. The molecule has 0 radical (unpaired) electrons. The van der Waals surface area contributed by atoms with Gasteiger partial charge < -0.3 is 10.2 Å². The van der Waals surface area contributed by atoms with Gasteiger partial charge in [-0.25, -0.2) is 0 Å². The van der Waals surface area contributed by atoms with Crippen molar-refractivity contribution in [3.05, 3.63) is 0 Å². The maximum atomic E-state index is 9.62. The van der Waals surface area contributed by atoms with Crippen molar-refractivity contribution in [2.24, 2.45) is 0 Å². The van der Waals surface area contributed by atoms with Gasteiger partial charge in [0.05, 0.1) is 10.5 Å². The molecule has 0 aliphatic rings. The van der Waals surface area contributed by atoms with E-state index in [2.05, 4.69) is 39.1 Å². The molecule has 0 rings (SSSR count). The highest BCUT2D eigenvalue weighted by atomic mass is 33.1. The van der Waals surface area contributed by atoms with Gasteiger partial charge in [0.25, 0.3) is 0 Å². The quantitative estimate of drug-likeness (QED) is 0.351. The summed E-state index contributed by atoms with van der Waals surface area (Å²) in [7, 11) is 3.85. The van der Waals surface area contributed by atoms with E-state index in [1.807, 2.05) is 21.6 Å². The van der Waals surface area contributed by atoms with E-state index in [4.69, 9.17) is 10.2 Å². The second-order valence-electron chi connectivity index (χ2n) is 2.84. The summed E-state index contributed by atoms with van der Waals surface area (Å²) in [6, 6.07) is 0. The van der Waals surface area contributed by atoms with Crippen LogP contribution in [0.25, 0.3) is 0 Å². The fourth-order valence-corrected chi connectivity index (χ4v) is 1.50. The van der Waals surface area contributed by atoms with E-state index in [9.17, 15) is 9.59 Å². The molecule has 8 heteroatoms. The van der Waals surface area contributed by atoms with E-state index in [0.717, 1.165) is 0 Å². The number of hydrogen-bond donors (Lipinski definition) is 4. The van der Waals surface area contributed by atoms with E-state index in [-0.39, 0.29) is 0 Å². The van der Waals surface area contributed by atoms with E-state index in [1.165, 1.54) is 25.4 Å². The Kier molecular flexibility index (Phi) is 22.6. The highest BCUT2D eigenvalue weighted by molar-refractivity contribution is 8.76. The zero-order valence-corrected chi connectivity index (χ0v) is 14.4. The molecule has 0 aromatic carbocycles. The van der Waals surface area contributed by atoms with Gasteiger partial charge in [-0.15, -0.1) is 0 Å². The SMILES string of the molecule is CC(S)C(=O)O.CC(S)C(=O)O.CCSSCC. The van der Waals surface area contributed by atoms with E-state index >= 15 is 0 Å². The van der Waals surface area contributed by atoms with Crippen LogP contribution in [0.5, 0.6) is 0 Å². The fraction of sp³-hybridized carbons (Fsp3) is 0.800. The van der Waals surface area contributed by atoms with Crippen molar-refractivity contribution >= 4 is 58.8 Å². The smallest absolute Gasteiger partial charge is 0.316 e. The first-order valence-electron chi connectivity index (χ1n) is 5.26. The van der Waals surface area contributed by atoms with Gasteiger partial charge in [-0.2, -0.15) is 25.3 Å². The second kappa shape index (κ2) is 17.3. The van der Waals surface area contributed by atoms with Gasteiger partial charge in [0, 0.05) is 11.5 Å². The number of carboxylic acids is 2. The fourth-order valence-electron chi connectivity index (χ4n) is 0.167. The minimum Gasteiger partial charge on any atom is -0.480 e. The molecule has 2 atom stereocenters. The summed E-state index contributed by atoms with van der Waals surface area (Å²) in [5.41, 5.74) is 0. The van der Waals surface area contributed by atoms with Gasteiger partial charge in [0.15, 0.2) is 0 Å². The first kappa shape index (κ1) is 23.4. The molecule has 0 aromatic heterocycles. The lowest BCUT2D eigenvalue weighted by Gasteiger charge is -1.88. The monoisotopic (exact) mass is 334 g/mol. The number of carbonyl (C=O) groups is 2. The normalized spacial score (nSPS) is 12.1. The molecule has 110 valence electrons. The summed E-state index contributed by atoms with van der Waals surface area (Å²) in [4.78, 5) is 19.2. The predicted molar refractivity (Wildman–Crippen MR) is 88.4 cm³/mol. The molecule has 0 saturated carbocycles. The van der Waals surface area contributed by atoms with Crippen molar-refractivity contribution in [1.29, 1.82) is 0 Å². The topological polar surface area (TPSA) is 74.6 Å². The standard InChI is InChI=1S/C4H10S2.2C3H6O2S/c1-3-5-6-4-2;2*1-2(6)3(4)5/h3-4H2,1-2H3;2*2,6H,1H3,(H,4,5). The van der Waals surface area contributed by atoms with Crippen LogP contribution in [0, 0.1) is 0 Å². The van der Waals surface area contributed by atoms with E-state index in [1.54, 1.807) is 0 Å². The number of hydrogen-bond acceptors (Lipinski definition) is 6. The lowest BCUT2D eigenvalue weighted by Crippen LogP contribution is -2.06. The predicted octanol–water partition coefficient (Wildman–Crippen LogP) is 3.19. The molecular formula is C10H22O4S4. The summed E-state index contributed by atoms with van der Waals surface area (Å²) in [6.07, 6.45) is 0. The van der Waals surface area contributed by atoms with E-state index in [0.29, 0.717) is 0 Å². The maximum Gasteiger partial charge on any atom is 0.316 e. The van der Waals surface area contributed by atoms with Crippen molar-refractivity contribution in [2.75, 3.05) is 11.5 Å².